The molecule has 0 radical (unpaired) electrons. The normalized spacial score (nSPS) is 34.5. The maximum absolute atomic E-state index is 13.6. The fourth-order valence-electron chi connectivity index (χ4n) is 7.33. The fourth-order valence-corrected chi connectivity index (χ4v) is 7.33. The van der Waals surface area contributed by atoms with E-state index in [9.17, 15) is 8.78 Å². The Hall–Kier alpha value is -0.920. The molecule has 0 atom stereocenters. The first-order valence-corrected chi connectivity index (χ1v) is 13.6. The minimum absolute atomic E-state index is 0.425. The van der Waals surface area contributed by atoms with Crippen molar-refractivity contribution in [2.24, 2.45) is 29.6 Å². The summed E-state index contributed by atoms with van der Waals surface area (Å²) in [6.45, 7) is 2.34. The molecule has 0 heterocycles. The molecule has 0 amide bonds. The van der Waals surface area contributed by atoms with Gasteiger partial charge in [0.2, 0.25) is 0 Å². The zero-order valence-corrected chi connectivity index (χ0v) is 19.8. The van der Waals surface area contributed by atoms with Crippen LogP contribution in [-0.2, 0) is 0 Å². The van der Waals surface area contributed by atoms with Crippen LogP contribution in [0, 0.1) is 41.2 Å². The van der Waals surface area contributed by atoms with Crippen LogP contribution in [0.25, 0.3) is 0 Å². The van der Waals surface area contributed by atoms with Gasteiger partial charge in [0.1, 0.15) is 0 Å². The first kappa shape index (κ1) is 23.2. The van der Waals surface area contributed by atoms with Crippen LogP contribution in [-0.4, -0.2) is 0 Å². The van der Waals surface area contributed by atoms with Crippen LogP contribution in [0.5, 0.6) is 0 Å². The Kier molecular flexibility index (Phi) is 8.46. The lowest BCUT2D eigenvalue weighted by molar-refractivity contribution is 0.137. The van der Waals surface area contributed by atoms with Crippen LogP contribution in [0.1, 0.15) is 121 Å². The molecular weight excluding hydrogens is 386 g/mol. The predicted molar refractivity (Wildman–Crippen MR) is 126 cm³/mol. The summed E-state index contributed by atoms with van der Waals surface area (Å²) in [5, 5.41) is 0. The maximum atomic E-state index is 13.6. The van der Waals surface area contributed by atoms with Gasteiger partial charge in [0.25, 0.3) is 0 Å². The quantitative estimate of drug-likeness (QED) is 0.404. The summed E-state index contributed by atoms with van der Waals surface area (Å²) in [7, 11) is 0. The molecule has 174 valence electrons. The largest absolute Gasteiger partial charge is 0.204 e. The molecule has 0 N–H and O–H groups in total. The second-order valence-corrected chi connectivity index (χ2v) is 11.3. The van der Waals surface area contributed by atoms with Crippen molar-refractivity contribution in [3.8, 4) is 0 Å². The molecule has 3 aliphatic carbocycles. The van der Waals surface area contributed by atoms with Gasteiger partial charge in [0, 0.05) is 0 Å². The highest BCUT2D eigenvalue weighted by Crippen LogP contribution is 2.44. The highest BCUT2D eigenvalue weighted by atomic mass is 19.2. The summed E-state index contributed by atoms with van der Waals surface area (Å²) in [5.74, 6) is 3.94. The SMILES string of the molecule is CCC[C@H]1CC[C@H](C2CCC(CC[C@H]3CC[C@H](c4ccc(F)c(F)c4)CC3)CC2)CC1. The lowest BCUT2D eigenvalue weighted by Crippen LogP contribution is -2.26. The van der Waals surface area contributed by atoms with Crippen molar-refractivity contribution in [3.63, 3.8) is 0 Å². The molecule has 4 rings (SSSR count). The van der Waals surface area contributed by atoms with Gasteiger partial charge in [-0.15, -0.1) is 0 Å². The van der Waals surface area contributed by atoms with Crippen molar-refractivity contribution in [1.82, 2.24) is 0 Å². The predicted octanol–water partition coefficient (Wildman–Crippen LogP) is 9.43. The van der Waals surface area contributed by atoms with Crippen molar-refractivity contribution in [1.29, 1.82) is 0 Å². The summed E-state index contributed by atoms with van der Waals surface area (Å²) in [5.41, 5.74) is 0.999. The number of halogens is 2. The Morgan fingerprint density at radius 2 is 1.10 bits per heavy atom. The number of benzene rings is 1. The number of hydrogen-bond donors (Lipinski definition) is 0. The first-order valence-electron chi connectivity index (χ1n) is 13.6. The lowest BCUT2D eigenvalue weighted by atomic mass is 9.68. The van der Waals surface area contributed by atoms with Gasteiger partial charge >= 0.3 is 0 Å². The average molecular weight is 431 g/mol. The van der Waals surface area contributed by atoms with Gasteiger partial charge in [0.05, 0.1) is 0 Å². The Labute approximate surface area is 189 Å². The second-order valence-electron chi connectivity index (χ2n) is 11.3. The first-order chi connectivity index (χ1) is 15.1. The Balaban J connectivity index is 1.12. The molecule has 3 aliphatic rings. The Bertz CT molecular complexity index is 659. The fraction of sp³-hybridized carbons (Fsp3) is 0.793. The second kappa shape index (κ2) is 11.3. The molecule has 0 nitrogen and oxygen atoms in total. The summed E-state index contributed by atoms with van der Waals surface area (Å²) in [6, 6.07) is 4.51. The average Bonchev–Trinajstić information content (AvgIpc) is 2.81. The summed E-state index contributed by atoms with van der Waals surface area (Å²) < 4.78 is 26.8. The van der Waals surface area contributed by atoms with Gasteiger partial charge in [0.15, 0.2) is 11.6 Å². The smallest absolute Gasteiger partial charge is 0.159 e. The standard InChI is InChI=1S/C29H44F2/c1-2-3-21-6-12-24(13-7-21)25-14-8-22(9-15-25)4-5-23-10-16-26(17-11-23)27-18-19-28(30)29(31)20-27/h18-26H,2-17H2,1H3/t21-,22?,23-,24-,25?,26-. The van der Waals surface area contributed by atoms with Crippen LogP contribution in [0.4, 0.5) is 8.78 Å². The van der Waals surface area contributed by atoms with E-state index in [1.54, 1.807) is 6.07 Å². The molecule has 1 aromatic carbocycles. The summed E-state index contributed by atoms with van der Waals surface area (Å²) in [4.78, 5) is 0. The van der Waals surface area contributed by atoms with Crippen molar-refractivity contribution in [2.45, 2.75) is 116 Å². The monoisotopic (exact) mass is 430 g/mol. The van der Waals surface area contributed by atoms with Gasteiger partial charge < -0.3 is 0 Å². The third-order valence-electron chi connectivity index (χ3n) is 9.39. The number of rotatable bonds is 7. The van der Waals surface area contributed by atoms with Crippen LogP contribution in [0.15, 0.2) is 18.2 Å². The lowest BCUT2D eigenvalue weighted by Gasteiger charge is -2.38. The zero-order chi connectivity index (χ0) is 21.6. The molecule has 0 aromatic heterocycles. The van der Waals surface area contributed by atoms with Crippen LogP contribution < -0.4 is 0 Å². The minimum atomic E-state index is -0.726. The molecule has 0 unspecified atom stereocenters. The van der Waals surface area contributed by atoms with Gasteiger partial charge in [-0.05, 0) is 105 Å². The highest BCUT2D eigenvalue weighted by Gasteiger charge is 2.31. The van der Waals surface area contributed by atoms with E-state index >= 15 is 0 Å². The van der Waals surface area contributed by atoms with Gasteiger partial charge in [-0.1, -0.05) is 64.4 Å². The van der Waals surface area contributed by atoms with Crippen molar-refractivity contribution >= 4 is 0 Å². The molecular formula is C29H44F2. The number of hydrogen-bond acceptors (Lipinski definition) is 0. The van der Waals surface area contributed by atoms with Gasteiger partial charge in [-0.3, -0.25) is 0 Å². The van der Waals surface area contributed by atoms with Crippen molar-refractivity contribution in [3.05, 3.63) is 35.4 Å². The molecule has 1 aromatic rings. The Morgan fingerprint density at radius 1 is 0.613 bits per heavy atom. The van der Waals surface area contributed by atoms with Gasteiger partial charge in [-0.25, -0.2) is 8.78 Å². The van der Waals surface area contributed by atoms with E-state index in [2.05, 4.69) is 6.92 Å². The van der Waals surface area contributed by atoms with E-state index < -0.39 is 11.6 Å². The molecule has 0 aliphatic heterocycles. The van der Waals surface area contributed by atoms with E-state index in [0.29, 0.717) is 5.92 Å². The third kappa shape index (κ3) is 6.32. The topological polar surface area (TPSA) is 0 Å². The molecule has 0 spiro atoms. The summed E-state index contributed by atoms with van der Waals surface area (Å²) in [6.07, 6.45) is 22.4. The van der Waals surface area contributed by atoms with E-state index in [1.807, 2.05) is 0 Å². The van der Waals surface area contributed by atoms with Crippen LogP contribution >= 0.6 is 0 Å². The highest BCUT2D eigenvalue weighted by molar-refractivity contribution is 5.22. The van der Waals surface area contributed by atoms with E-state index in [0.717, 1.165) is 48.0 Å². The third-order valence-corrected chi connectivity index (χ3v) is 9.39. The van der Waals surface area contributed by atoms with E-state index in [-0.39, 0.29) is 0 Å². The van der Waals surface area contributed by atoms with Crippen molar-refractivity contribution in [2.75, 3.05) is 0 Å². The molecule has 0 saturated heterocycles. The summed E-state index contributed by atoms with van der Waals surface area (Å²) >= 11 is 0. The molecule has 0 bridgehead atoms. The van der Waals surface area contributed by atoms with Crippen molar-refractivity contribution < 1.29 is 8.78 Å². The van der Waals surface area contributed by atoms with Crippen LogP contribution in [0.3, 0.4) is 0 Å². The van der Waals surface area contributed by atoms with E-state index in [4.69, 9.17) is 0 Å². The minimum Gasteiger partial charge on any atom is -0.204 e. The molecule has 31 heavy (non-hydrogen) atoms. The molecule has 3 fully saturated rings. The van der Waals surface area contributed by atoms with Gasteiger partial charge in [-0.2, -0.15) is 0 Å². The molecule has 3 saturated carbocycles. The molecule has 2 heteroatoms. The Morgan fingerprint density at radius 3 is 1.58 bits per heavy atom. The van der Waals surface area contributed by atoms with E-state index in [1.165, 1.54) is 102 Å². The maximum Gasteiger partial charge on any atom is 0.159 e. The zero-order valence-electron chi connectivity index (χ0n) is 19.8. The van der Waals surface area contributed by atoms with Crippen LogP contribution in [0.2, 0.25) is 0 Å².